The topological polar surface area (TPSA) is 66.4 Å². The zero-order valence-corrected chi connectivity index (χ0v) is 12.0. The molecule has 0 bridgehead atoms. The van der Waals surface area contributed by atoms with E-state index in [9.17, 15) is 9.59 Å². The monoisotopic (exact) mass is 275 g/mol. The number of carbonyl (C=O) groups excluding carboxylic acids is 1. The maximum Gasteiger partial charge on any atom is 0.306 e. The Hall–Kier alpha value is -1.84. The van der Waals surface area contributed by atoms with E-state index in [1.54, 1.807) is 0 Å². The molecule has 1 saturated carbocycles. The van der Waals surface area contributed by atoms with E-state index in [2.05, 4.69) is 5.32 Å². The first-order valence-electron chi connectivity index (χ1n) is 7.09. The summed E-state index contributed by atoms with van der Waals surface area (Å²) in [5.74, 6) is -1.17. The lowest BCUT2D eigenvalue weighted by molar-refractivity contribution is -0.143. The molecule has 2 rings (SSSR count). The van der Waals surface area contributed by atoms with Crippen LogP contribution in [0.5, 0.6) is 0 Å². The maximum atomic E-state index is 12.4. The van der Waals surface area contributed by atoms with Gasteiger partial charge in [0.25, 0.3) is 5.91 Å². The van der Waals surface area contributed by atoms with Crippen LogP contribution in [0.15, 0.2) is 18.2 Å². The van der Waals surface area contributed by atoms with Gasteiger partial charge in [0.15, 0.2) is 0 Å². The molecule has 0 radical (unpaired) electrons. The number of aliphatic carboxylic acids is 1. The minimum atomic E-state index is -0.754. The Morgan fingerprint density at radius 1 is 1.20 bits per heavy atom. The standard InChI is InChI=1S/C16H21NO3/c1-10-5-3-6-11(2)14(10)15(18)17-13-8-4-7-12(9-13)16(19)20/h3,5-6,12-13H,4,7-9H2,1-2H3,(H,17,18)(H,19,20). The molecule has 1 aliphatic carbocycles. The van der Waals surface area contributed by atoms with Gasteiger partial charge in [-0.05, 0) is 44.2 Å². The zero-order valence-electron chi connectivity index (χ0n) is 12.0. The molecule has 20 heavy (non-hydrogen) atoms. The van der Waals surface area contributed by atoms with Crippen molar-refractivity contribution in [1.82, 2.24) is 5.32 Å². The number of benzene rings is 1. The molecule has 2 unspecified atom stereocenters. The first-order chi connectivity index (χ1) is 9.49. The summed E-state index contributed by atoms with van der Waals surface area (Å²) in [6.07, 6.45) is 2.96. The molecule has 0 aliphatic heterocycles. The minimum absolute atomic E-state index is 0.0312. The Morgan fingerprint density at radius 2 is 1.85 bits per heavy atom. The highest BCUT2D eigenvalue weighted by Crippen LogP contribution is 2.25. The van der Waals surface area contributed by atoms with Gasteiger partial charge in [-0.15, -0.1) is 0 Å². The Balaban J connectivity index is 2.06. The van der Waals surface area contributed by atoms with Gasteiger partial charge in [0.2, 0.25) is 0 Å². The summed E-state index contributed by atoms with van der Waals surface area (Å²) in [6, 6.07) is 5.74. The quantitative estimate of drug-likeness (QED) is 0.891. The number of hydrogen-bond donors (Lipinski definition) is 2. The average Bonchev–Trinajstić information content (AvgIpc) is 2.38. The number of amides is 1. The third-order valence-electron chi connectivity index (χ3n) is 4.07. The SMILES string of the molecule is Cc1cccc(C)c1C(=O)NC1CCCC(C(=O)O)C1. The van der Waals surface area contributed by atoms with Crippen LogP contribution in [0, 0.1) is 19.8 Å². The third-order valence-corrected chi connectivity index (χ3v) is 4.07. The van der Waals surface area contributed by atoms with Crippen LogP contribution >= 0.6 is 0 Å². The van der Waals surface area contributed by atoms with Crippen LogP contribution in [0.2, 0.25) is 0 Å². The number of aryl methyl sites for hydroxylation is 2. The molecule has 108 valence electrons. The Bertz CT molecular complexity index is 504. The lowest BCUT2D eigenvalue weighted by atomic mass is 9.85. The number of hydrogen-bond acceptors (Lipinski definition) is 2. The lowest BCUT2D eigenvalue weighted by Crippen LogP contribution is -2.40. The summed E-state index contributed by atoms with van der Waals surface area (Å²) in [5, 5.41) is 12.1. The second-order valence-electron chi connectivity index (χ2n) is 5.64. The molecule has 2 N–H and O–H groups in total. The number of carboxylic acids is 1. The van der Waals surface area contributed by atoms with Crippen molar-refractivity contribution in [1.29, 1.82) is 0 Å². The summed E-state index contributed by atoms with van der Waals surface area (Å²) in [7, 11) is 0. The normalized spacial score (nSPS) is 22.3. The highest BCUT2D eigenvalue weighted by molar-refractivity contribution is 5.97. The molecule has 0 spiro atoms. The Kier molecular flexibility index (Phi) is 4.42. The van der Waals surface area contributed by atoms with E-state index in [1.807, 2.05) is 32.0 Å². The summed E-state index contributed by atoms with van der Waals surface area (Å²) in [4.78, 5) is 23.4. The molecule has 4 heteroatoms. The van der Waals surface area contributed by atoms with Crippen molar-refractivity contribution in [2.24, 2.45) is 5.92 Å². The van der Waals surface area contributed by atoms with E-state index in [0.717, 1.165) is 24.0 Å². The lowest BCUT2D eigenvalue weighted by Gasteiger charge is -2.27. The molecular formula is C16H21NO3. The van der Waals surface area contributed by atoms with Crippen LogP contribution < -0.4 is 5.32 Å². The van der Waals surface area contributed by atoms with E-state index in [4.69, 9.17) is 5.11 Å². The van der Waals surface area contributed by atoms with E-state index < -0.39 is 5.97 Å². The predicted molar refractivity (Wildman–Crippen MR) is 76.8 cm³/mol. The fraction of sp³-hybridized carbons (Fsp3) is 0.500. The smallest absolute Gasteiger partial charge is 0.306 e. The molecule has 1 amide bonds. The van der Waals surface area contributed by atoms with E-state index in [-0.39, 0.29) is 17.9 Å². The van der Waals surface area contributed by atoms with Crippen LogP contribution in [0.3, 0.4) is 0 Å². The van der Waals surface area contributed by atoms with Crippen molar-refractivity contribution >= 4 is 11.9 Å². The van der Waals surface area contributed by atoms with Crippen molar-refractivity contribution in [2.75, 3.05) is 0 Å². The van der Waals surface area contributed by atoms with Crippen molar-refractivity contribution in [2.45, 2.75) is 45.6 Å². The van der Waals surface area contributed by atoms with Crippen LogP contribution in [-0.4, -0.2) is 23.0 Å². The van der Waals surface area contributed by atoms with Crippen LogP contribution in [-0.2, 0) is 4.79 Å². The predicted octanol–water partition coefficient (Wildman–Crippen LogP) is 2.68. The van der Waals surface area contributed by atoms with Gasteiger partial charge in [0.05, 0.1) is 5.92 Å². The third kappa shape index (κ3) is 3.18. The van der Waals surface area contributed by atoms with Gasteiger partial charge in [-0.2, -0.15) is 0 Å². The van der Waals surface area contributed by atoms with Gasteiger partial charge in [-0.25, -0.2) is 0 Å². The van der Waals surface area contributed by atoms with Crippen LogP contribution in [0.25, 0.3) is 0 Å². The summed E-state index contributed by atoms with van der Waals surface area (Å²) < 4.78 is 0. The maximum absolute atomic E-state index is 12.4. The molecular weight excluding hydrogens is 254 g/mol. The Morgan fingerprint density at radius 3 is 2.45 bits per heavy atom. The number of carboxylic acid groups (broad SMARTS) is 1. The van der Waals surface area contributed by atoms with E-state index in [0.29, 0.717) is 18.4 Å². The van der Waals surface area contributed by atoms with E-state index >= 15 is 0 Å². The van der Waals surface area contributed by atoms with Crippen LogP contribution in [0.4, 0.5) is 0 Å². The highest BCUT2D eigenvalue weighted by atomic mass is 16.4. The van der Waals surface area contributed by atoms with Gasteiger partial charge in [0.1, 0.15) is 0 Å². The molecule has 0 heterocycles. The molecule has 4 nitrogen and oxygen atoms in total. The fourth-order valence-corrected chi connectivity index (χ4v) is 2.98. The van der Waals surface area contributed by atoms with Crippen LogP contribution in [0.1, 0.15) is 47.2 Å². The number of carbonyl (C=O) groups is 2. The summed E-state index contributed by atoms with van der Waals surface area (Å²) in [5.41, 5.74) is 2.62. The van der Waals surface area contributed by atoms with Crippen molar-refractivity contribution < 1.29 is 14.7 Å². The Labute approximate surface area is 119 Å². The molecule has 1 aromatic rings. The fourth-order valence-electron chi connectivity index (χ4n) is 2.98. The second kappa shape index (κ2) is 6.07. The first-order valence-corrected chi connectivity index (χ1v) is 7.09. The molecule has 2 atom stereocenters. The summed E-state index contributed by atoms with van der Waals surface area (Å²) in [6.45, 7) is 3.84. The average molecular weight is 275 g/mol. The van der Waals surface area contributed by atoms with Gasteiger partial charge < -0.3 is 10.4 Å². The molecule has 0 saturated heterocycles. The van der Waals surface area contributed by atoms with Gasteiger partial charge in [-0.3, -0.25) is 9.59 Å². The highest BCUT2D eigenvalue weighted by Gasteiger charge is 2.28. The molecule has 1 fully saturated rings. The van der Waals surface area contributed by atoms with Gasteiger partial charge in [-0.1, -0.05) is 24.6 Å². The second-order valence-corrected chi connectivity index (χ2v) is 5.64. The molecule has 1 aliphatic rings. The number of nitrogens with one attached hydrogen (secondary N) is 1. The van der Waals surface area contributed by atoms with E-state index in [1.165, 1.54) is 0 Å². The van der Waals surface area contributed by atoms with Crippen molar-refractivity contribution in [3.8, 4) is 0 Å². The van der Waals surface area contributed by atoms with Gasteiger partial charge >= 0.3 is 5.97 Å². The van der Waals surface area contributed by atoms with Crippen molar-refractivity contribution in [3.05, 3.63) is 34.9 Å². The molecule has 1 aromatic carbocycles. The van der Waals surface area contributed by atoms with Gasteiger partial charge in [0, 0.05) is 11.6 Å². The number of rotatable bonds is 3. The van der Waals surface area contributed by atoms with Crippen molar-refractivity contribution in [3.63, 3.8) is 0 Å². The zero-order chi connectivity index (χ0) is 14.7. The summed E-state index contributed by atoms with van der Waals surface area (Å²) >= 11 is 0. The molecule has 0 aromatic heterocycles. The minimum Gasteiger partial charge on any atom is -0.481 e. The first kappa shape index (κ1) is 14.6. The largest absolute Gasteiger partial charge is 0.481 e.